The molecular formula is C24H25N3O6. The summed E-state index contributed by atoms with van der Waals surface area (Å²) in [5.41, 5.74) is 0.526. The van der Waals surface area contributed by atoms with Crippen molar-refractivity contribution < 1.29 is 28.7 Å². The summed E-state index contributed by atoms with van der Waals surface area (Å²) in [5, 5.41) is 5.37. The van der Waals surface area contributed by atoms with Crippen LogP contribution in [0.1, 0.15) is 36.0 Å². The number of methoxy groups -OCH3 is 1. The second-order valence-corrected chi connectivity index (χ2v) is 8.01. The predicted molar refractivity (Wildman–Crippen MR) is 120 cm³/mol. The van der Waals surface area contributed by atoms with Crippen LogP contribution in [0.2, 0.25) is 0 Å². The van der Waals surface area contributed by atoms with E-state index in [1.807, 2.05) is 0 Å². The van der Waals surface area contributed by atoms with Gasteiger partial charge in [-0.15, -0.1) is 0 Å². The van der Waals surface area contributed by atoms with E-state index in [9.17, 15) is 19.2 Å². The van der Waals surface area contributed by atoms with Gasteiger partial charge in [-0.1, -0.05) is 25.0 Å². The molecule has 0 aromatic heterocycles. The Kier molecular flexibility index (Phi) is 6.30. The maximum absolute atomic E-state index is 13.2. The van der Waals surface area contributed by atoms with Gasteiger partial charge in [-0.05, 0) is 49.2 Å². The molecule has 0 unspecified atom stereocenters. The Labute approximate surface area is 191 Å². The highest BCUT2D eigenvalue weighted by atomic mass is 16.5. The number of nitrogens with zero attached hydrogens (tertiary/aromatic N) is 1. The molecule has 1 aliphatic heterocycles. The van der Waals surface area contributed by atoms with Crippen LogP contribution in [0.5, 0.6) is 5.75 Å². The first-order valence-corrected chi connectivity index (χ1v) is 10.8. The Morgan fingerprint density at radius 1 is 1.06 bits per heavy atom. The maximum Gasteiger partial charge on any atom is 0.325 e. The molecule has 1 saturated carbocycles. The molecule has 1 aliphatic carbocycles. The Morgan fingerprint density at radius 2 is 1.76 bits per heavy atom. The summed E-state index contributed by atoms with van der Waals surface area (Å²) in [4.78, 5) is 51.9. The van der Waals surface area contributed by atoms with Crippen LogP contribution >= 0.6 is 0 Å². The second kappa shape index (κ2) is 9.32. The van der Waals surface area contributed by atoms with Crippen molar-refractivity contribution in [2.45, 2.75) is 31.2 Å². The number of nitrogens with one attached hydrogen (secondary N) is 2. The number of hydrogen-bond acceptors (Lipinski definition) is 6. The smallest absolute Gasteiger partial charge is 0.325 e. The van der Waals surface area contributed by atoms with E-state index < -0.39 is 29.9 Å². The summed E-state index contributed by atoms with van der Waals surface area (Å²) < 4.78 is 10.2. The summed E-state index contributed by atoms with van der Waals surface area (Å²) in [5.74, 6) is -1.29. The first-order chi connectivity index (χ1) is 15.9. The summed E-state index contributed by atoms with van der Waals surface area (Å²) in [7, 11) is 1.52. The number of carbonyl (C=O) groups is 4. The fourth-order valence-electron chi connectivity index (χ4n) is 4.38. The zero-order valence-electron chi connectivity index (χ0n) is 18.3. The topological polar surface area (TPSA) is 114 Å². The molecule has 3 amide bonds. The minimum absolute atomic E-state index is 0.217. The van der Waals surface area contributed by atoms with Gasteiger partial charge in [0.05, 0.1) is 18.5 Å². The number of para-hydroxylation sites is 2. The van der Waals surface area contributed by atoms with E-state index in [2.05, 4.69) is 10.6 Å². The summed E-state index contributed by atoms with van der Waals surface area (Å²) >= 11 is 0. The first kappa shape index (κ1) is 22.3. The van der Waals surface area contributed by atoms with Gasteiger partial charge in [0.2, 0.25) is 0 Å². The van der Waals surface area contributed by atoms with Gasteiger partial charge in [0.25, 0.3) is 17.7 Å². The zero-order valence-corrected chi connectivity index (χ0v) is 18.3. The lowest BCUT2D eigenvalue weighted by atomic mass is 9.90. The summed E-state index contributed by atoms with van der Waals surface area (Å²) in [6.07, 6.45) is 2.75. The number of rotatable bonds is 6. The molecule has 9 nitrogen and oxygen atoms in total. The first-order valence-electron chi connectivity index (χ1n) is 10.8. The fraction of sp³-hybridized carbons (Fsp3) is 0.333. The van der Waals surface area contributed by atoms with E-state index in [1.165, 1.54) is 12.0 Å². The highest BCUT2D eigenvalue weighted by Gasteiger charge is 2.52. The lowest BCUT2D eigenvalue weighted by Gasteiger charge is -2.44. The van der Waals surface area contributed by atoms with Crippen molar-refractivity contribution in [2.24, 2.45) is 0 Å². The third-order valence-electron chi connectivity index (χ3n) is 6.03. The van der Waals surface area contributed by atoms with Crippen LogP contribution in [-0.2, 0) is 19.1 Å². The van der Waals surface area contributed by atoms with Crippen LogP contribution in [0.15, 0.2) is 48.5 Å². The minimum atomic E-state index is -0.972. The van der Waals surface area contributed by atoms with Gasteiger partial charge < -0.3 is 20.1 Å². The molecule has 0 atom stereocenters. The predicted octanol–water partition coefficient (Wildman–Crippen LogP) is 2.27. The van der Waals surface area contributed by atoms with Crippen molar-refractivity contribution in [2.75, 3.05) is 30.5 Å². The SMILES string of the molecule is COc1ccc(C(=O)NCC(=O)OCC(=O)N2c3ccccc3NC(=O)C23CCCC3)cc1. The fourth-order valence-corrected chi connectivity index (χ4v) is 4.38. The summed E-state index contributed by atoms with van der Waals surface area (Å²) in [6, 6.07) is 13.5. The standard InChI is InChI=1S/C24H25N3O6/c1-32-17-10-8-16(9-11-17)22(30)25-14-21(29)33-15-20(28)27-19-7-3-2-6-18(19)26-23(31)24(27)12-4-5-13-24/h2-3,6-11H,4-5,12-15H2,1H3,(H,25,30)(H,26,31). The number of carbonyl (C=O) groups excluding carboxylic acids is 4. The average Bonchev–Trinajstić information content (AvgIpc) is 3.32. The molecule has 0 bridgehead atoms. The van der Waals surface area contributed by atoms with Gasteiger partial charge in [-0.3, -0.25) is 24.1 Å². The van der Waals surface area contributed by atoms with E-state index in [-0.39, 0.29) is 12.5 Å². The molecule has 0 saturated heterocycles. The highest BCUT2D eigenvalue weighted by Crippen LogP contribution is 2.45. The molecule has 2 N–H and O–H groups in total. The zero-order chi connectivity index (χ0) is 23.4. The van der Waals surface area contributed by atoms with Crippen molar-refractivity contribution >= 4 is 35.1 Å². The lowest BCUT2D eigenvalue weighted by molar-refractivity contribution is -0.147. The van der Waals surface area contributed by atoms with Crippen molar-refractivity contribution in [3.63, 3.8) is 0 Å². The van der Waals surface area contributed by atoms with E-state index in [0.717, 1.165) is 12.8 Å². The van der Waals surface area contributed by atoms with Gasteiger partial charge in [-0.25, -0.2) is 0 Å². The number of hydrogen-bond donors (Lipinski definition) is 2. The Balaban J connectivity index is 1.38. The van der Waals surface area contributed by atoms with Crippen LogP contribution in [0, 0.1) is 0 Å². The Morgan fingerprint density at radius 3 is 2.45 bits per heavy atom. The normalized spacial score (nSPS) is 16.0. The third kappa shape index (κ3) is 4.39. The molecule has 2 aliphatic rings. The van der Waals surface area contributed by atoms with Crippen LogP contribution in [0.4, 0.5) is 11.4 Å². The molecule has 9 heteroatoms. The van der Waals surface area contributed by atoms with Crippen LogP contribution in [-0.4, -0.2) is 49.5 Å². The van der Waals surface area contributed by atoms with Crippen molar-refractivity contribution in [1.29, 1.82) is 0 Å². The van der Waals surface area contributed by atoms with Crippen LogP contribution in [0.3, 0.4) is 0 Å². The largest absolute Gasteiger partial charge is 0.497 e. The molecule has 1 heterocycles. The number of fused-ring (bicyclic) bond motifs is 1. The van der Waals surface area contributed by atoms with Gasteiger partial charge in [0, 0.05) is 5.56 Å². The molecule has 172 valence electrons. The molecule has 1 fully saturated rings. The van der Waals surface area contributed by atoms with E-state index in [0.29, 0.717) is 35.5 Å². The van der Waals surface area contributed by atoms with Gasteiger partial charge >= 0.3 is 5.97 Å². The van der Waals surface area contributed by atoms with Crippen LogP contribution < -0.4 is 20.3 Å². The van der Waals surface area contributed by atoms with Crippen LogP contribution in [0.25, 0.3) is 0 Å². The van der Waals surface area contributed by atoms with Crippen molar-refractivity contribution in [3.8, 4) is 5.75 Å². The Bertz CT molecular complexity index is 1080. The second-order valence-electron chi connectivity index (χ2n) is 8.01. The number of anilines is 2. The van der Waals surface area contributed by atoms with Gasteiger partial charge in [0.1, 0.15) is 17.8 Å². The molecule has 2 aromatic rings. The molecular weight excluding hydrogens is 426 g/mol. The number of benzene rings is 2. The van der Waals surface area contributed by atoms with Crippen molar-refractivity contribution in [1.82, 2.24) is 5.32 Å². The number of ether oxygens (including phenoxy) is 2. The van der Waals surface area contributed by atoms with Gasteiger partial charge in [0.15, 0.2) is 6.61 Å². The molecule has 2 aromatic carbocycles. The lowest BCUT2D eigenvalue weighted by Crippen LogP contribution is -2.61. The number of amides is 3. The number of esters is 1. The maximum atomic E-state index is 13.2. The van der Waals surface area contributed by atoms with Crippen molar-refractivity contribution in [3.05, 3.63) is 54.1 Å². The minimum Gasteiger partial charge on any atom is -0.497 e. The van der Waals surface area contributed by atoms with E-state index >= 15 is 0 Å². The Hall–Kier alpha value is -3.88. The van der Waals surface area contributed by atoms with Gasteiger partial charge in [-0.2, -0.15) is 0 Å². The third-order valence-corrected chi connectivity index (χ3v) is 6.03. The monoisotopic (exact) mass is 451 g/mol. The average molecular weight is 451 g/mol. The molecule has 4 rings (SSSR count). The van der Waals surface area contributed by atoms with E-state index in [4.69, 9.17) is 9.47 Å². The molecule has 33 heavy (non-hydrogen) atoms. The molecule has 0 radical (unpaired) electrons. The highest BCUT2D eigenvalue weighted by molar-refractivity contribution is 6.15. The quantitative estimate of drug-likeness (QED) is 0.652. The summed E-state index contributed by atoms with van der Waals surface area (Å²) in [6.45, 7) is -0.916. The molecule has 1 spiro atoms. The van der Waals surface area contributed by atoms with E-state index in [1.54, 1.807) is 48.5 Å².